The minimum absolute atomic E-state index is 0.418. The molecular formula is C55H41F3N2O3S. The van der Waals surface area contributed by atoms with Gasteiger partial charge in [-0.25, -0.2) is 0 Å². The van der Waals surface area contributed by atoms with Gasteiger partial charge in [-0.2, -0.15) is 21.6 Å². The zero-order chi connectivity index (χ0) is 44.8. The summed E-state index contributed by atoms with van der Waals surface area (Å²) in [5.74, 6) is -0.497. The van der Waals surface area contributed by atoms with Gasteiger partial charge in [0.05, 0.1) is 11.4 Å². The van der Waals surface area contributed by atoms with Crippen LogP contribution in [0.2, 0.25) is 0 Å². The summed E-state index contributed by atoms with van der Waals surface area (Å²) in [6, 6.07) is 51.1. The first-order valence-electron chi connectivity index (χ1n) is 20.4. The molecule has 5 nitrogen and oxygen atoms in total. The van der Waals surface area contributed by atoms with Crippen molar-refractivity contribution in [2.24, 2.45) is 0 Å². The Hall–Kier alpha value is -7.62. The van der Waals surface area contributed by atoms with Gasteiger partial charge in [-0.05, 0) is 105 Å². The highest BCUT2D eigenvalue weighted by Crippen LogP contribution is 2.43. The number of aromatic nitrogens is 2. The average Bonchev–Trinajstić information content (AvgIpc) is 3.32. The maximum absolute atomic E-state index is 13.9. The van der Waals surface area contributed by atoms with Crippen molar-refractivity contribution in [3.05, 3.63) is 218 Å². The summed E-state index contributed by atoms with van der Waals surface area (Å²) in [4.78, 5) is 9.63. The number of hydrogen-bond acceptors (Lipinski definition) is 5. The summed E-state index contributed by atoms with van der Waals surface area (Å²) < 4.78 is 71.6. The molecule has 0 amide bonds. The fourth-order valence-electron chi connectivity index (χ4n) is 7.69. The molecule has 0 radical (unpaired) electrons. The van der Waals surface area contributed by atoms with Crippen molar-refractivity contribution in [2.75, 3.05) is 0 Å². The lowest BCUT2D eigenvalue weighted by atomic mass is 9.87. The van der Waals surface area contributed by atoms with Crippen LogP contribution in [0, 0.1) is 6.92 Å². The molecule has 64 heavy (non-hydrogen) atoms. The molecular weight excluding hydrogens is 826 g/mol. The molecule has 0 aliphatic carbocycles. The summed E-state index contributed by atoms with van der Waals surface area (Å²) >= 11 is 0. The molecule has 2 heterocycles. The molecule has 8 aromatic rings. The molecule has 0 atom stereocenters. The van der Waals surface area contributed by atoms with Gasteiger partial charge in [-0.3, -0.25) is 9.97 Å². The van der Waals surface area contributed by atoms with Crippen LogP contribution in [0.15, 0.2) is 207 Å². The highest BCUT2D eigenvalue weighted by atomic mass is 32.2. The molecule has 0 saturated heterocycles. The second kappa shape index (κ2) is 18.4. The predicted molar refractivity (Wildman–Crippen MR) is 253 cm³/mol. The number of rotatable bonds is 12. The van der Waals surface area contributed by atoms with Gasteiger partial charge in [-0.15, -0.1) is 0 Å². The van der Waals surface area contributed by atoms with Crippen molar-refractivity contribution in [3.63, 3.8) is 0 Å². The summed E-state index contributed by atoms with van der Waals surface area (Å²) in [6.45, 7) is 8.07. The lowest BCUT2D eigenvalue weighted by Crippen LogP contribution is -2.28. The van der Waals surface area contributed by atoms with E-state index in [0.29, 0.717) is 27.8 Å². The second-order valence-electron chi connectivity index (χ2n) is 15.0. The second-order valence-corrected chi connectivity index (χ2v) is 16.5. The molecule has 0 N–H and O–H groups in total. The first-order chi connectivity index (χ1) is 30.9. The number of allylic oxidation sites excluding steroid dienone is 5. The van der Waals surface area contributed by atoms with Gasteiger partial charge in [0.2, 0.25) is 0 Å². The molecule has 8 rings (SSSR count). The molecule has 0 unspecified atom stereocenters. The Kier molecular flexibility index (Phi) is 12.4. The van der Waals surface area contributed by atoms with Crippen LogP contribution in [0.3, 0.4) is 0 Å². The van der Waals surface area contributed by atoms with Gasteiger partial charge in [0, 0.05) is 34.6 Å². The van der Waals surface area contributed by atoms with E-state index in [4.69, 9.17) is 14.2 Å². The van der Waals surface area contributed by atoms with Crippen molar-refractivity contribution < 1.29 is 25.8 Å². The van der Waals surface area contributed by atoms with E-state index in [9.17, 15) is 21.6 Å². The quantitative estimate of drug-likeness (QED) is 0.0695. The SMILES string of the molecule is C=C/C(=C\C=C/C)c1cc(-c2ccccc2)ncc1-c1ccccc1-c1cc(OS(=O)(=O)C(F)(F)F)cc(-c2ccccc2-c2ccc(-c3cc(C)c(-c4ccccc4)cn3)cc2)c1. The molecule has 0 fully saturated rings. The molecule has 316 valence electrons. The molecule has 6 aromatic carbocycles. The first kappa shape index (κ1) is 43.0. The van der Waals surface area contributed by atoms with E-state index < -0.39 is 21.4 Å². The Bertz CT molecular complexity index is 3160. The average molecular weight is 867 g/mol. The molecule has 0 aliphatic rings. The Morgan fingerprint density at radius 1 is 0.562 bits per heavy atom. The van der Waals surface area contributed by atoms with Gasteiger partial charge in [0.1, 0.15) is 5.75 Å². The topological polar surface area (TPSA) is 69.2 Å². The maximum atomic E-state index is 13.9. The third-order valence-corrected chi connectivity index (χ3v) is 11.8. The zero-order valence-corrected chi connectivity index (χ0v) is 35.7. The van der Waals surface area contributed by atoms with E-state index >= 15 is 0 Å². The Morgan fingerprint density at radius 2 is 1.03 bits per heavy atom. The van der Waals surface area contributed by atoms with Crippen molar-refractivity contribution in [1.29, 1.82) is 0 Å². The number of pyridine rings is 2. The van der Waals surface area contributed by atoms with E-state index in [2.05, 4.69) is 31.7 Å². The predicted octanol–water partition coefficient (Wildman–Crippen LogP) is 14.8. The van der Waals surface area contributed by atoms with Crippen molar-refractivity contribution in [3.8, 4) is 83.9 Å². The Labute approximate surface area is 371 Å². The van der Waals surface area contributed by atoms with E-state index in [1.165, 1.54) is 12.1 Å². The fourth-order valence-corrected chi connectivity index (χ4v) is 8.13. The van der Waals surface area contributed by atoms with Gasteiger partial charge < -0.3 is 4.18 Å². The van der Waals surface area contributed by atoms with Gasteiger partial charge in [0.15, 0.2) is 0 Å². The van der Waals surface area contributed by atoms with Crippen LogP contribution < -0.4 is 4.18 Å². The lowest BCUT2D eigenvalue weighted by molar-refractivity contribution is -0.0500. The normalized spacial score (nSPS) is 12.0. The third kappa shape index (κ3) is 9.12. The number of alkyl halides is 3. The van der Waals surface area contributed by atoms with Crippen molar-refractivity contribution >= 4 is 15.7 Å². The molecule has 0 saturated carbocycles. The number of benzene rings is 6. The highest BCUT2D eigenvalue weighted by molar-refractivity contribution is 7.88. The Morgan fingerprint density at radius 3 is 1.59 bits per heavy atom. The van der Waals surface area contributed by atoms with Crippen LogP contribution in [0.4, 0.5) is 13.2 Å². The van der Waals surface area contributed by atoms with Crippen molar-refractivity contribution in [2.45, 2.75) is 19.4 Å². The van der Waals surface area contributed by atoms with E-state index in [1.807, 2.05) is 165 Å². The highest BCUT2D eigenvalue weighted by Gasteiger charge is 2.48. The summed E-state index contributed by atoms with van der Waals surface area (Å²) in [5.41, 5.74) is 7.65. The van der Waals surface area contributed by atoms with Gasteiger partial charge in [0.25, 0.3) is 0 Å². The van der Waals surface area contributed by atoms with Crippen LogP contribution in [0.5, 0.6) is 5.75 Å². The van der Waals surface area contributed by atoms with Gasteiger partial charge in [-0.1, -0.05) is 164 Å². The third-order valence-electron chi connectivity index (χ3n) is 10.8. The van der Waals surface area contributed by atoms with Crippen LogP contribution in [0.25, 0.3) is 83.7 Å². The lowest BCUT2D eigenvalue weighted by Gasteiger charge is -2.18. The summed E-state index contributed by atoms with van der Waals surface area (Å²) in [6.07, 6.45) is 11.2. The van der Waals surface area contributed by atoms with Crippen molar-refractivity contribution in [1.82, 2.24) is 9.97 Å². The number of halogens is 3. The van der Waals surface area contributed by atoms with E-state index in [0.717, 1.165) is 67.0 Å². The minimum atomic E-state index is -6.03. The smallest absolute Gasteiger partial charge is 0.376 e. The largest absolute Gasteiger partial charge is 0.534 e. The monoisotopic (exact) mass is 866 g/mol. The van der Waals surface area contributed by atoms with Crippen LogP contribution >= 0.6 is 0 Å². The van der Waals surface area contributed by atoms with Crippen LogP contribution in [-0.2, 0) is 10.1 Å². The molecule has 9 heteroatoms. The fraction of sp³-hybridized carbons (Fsp3) is 0.0545. The molecule has 0 spiro atoms. The Balaban J connectivity index is 1.25. The van der Waals surface area contributed by atoms with E-state index in [-0.39, 0.29) is 0 Å². The van der Waals surface area contributed by atoms with E-state index in [1.54, 1.807) is 12.3 Å². The maximum Gasteiger partial charge on any atom is 0.534 e. The number of aryl methyl sites for hydroxylation is 1. The molecule has 2 aromatic heterocycles. The van der Waals surface area contributed by atoms with Crippen LogP contribution in [-0.4, -0.2) is 23.9 Å². The standard InChI is InChI=1S/C55H41F3N2O3S/c1-4-6-17-38(5-2)50-34-54(41-20-11-8-12-21-41)60-36-52(50)49-25-16-15-24-48(49)44-31-43(32-45(33-44)63-64(61,62)55(56,57)58)47-23-14-13-22-46(47)40-26-28-42(29-27-40)53-30-37(3)51(35-59-53)39-18-9-7-10-19-39/h4-36H,2H2,1,3H3/b6-4-,38-17+. The first-order valence-corrected chi connectivity index (χ1v) is 21.8. The van der Waals surface area contributed by atoms with Crippen LogP contribution in [0.1, 0.15) is 18.1 Å². The zero-order valence-electron chi connectivity index (χ0n) is 34.9. The summed E-state index contributed by atoms with van der Waals surface area (Å²) in [7, 11) is -6.03. The van der Waals surface area contributed by atoms with Gasteiger partial charge >= 0.3 is 15.6 Å². The molecule has 0 bridgehead atoms. The number of nitrogens with zero attached hydrogens (tertiary/aromatic N) is 2. The number of hydrogen-bond donors (Lipinski definition) is 0. The summed E-state index contributed by atoms with van der Waals surface area (Å²) in [5, 5.41) is 0. The molecule has 0 aliphatic heterocycles. The minimum Gasteiger partial charge on any atom is -0.376 e.